The van der Waals surface area contributed by atoms with Gasteiger partial charge < -0.3 is 14.8 Å². The van der Waals surface area contributed by atoms with Crippen LogP contribution in [0.4, 0.5) is 24.5 Å². The molecule has 0 aliphatic rings. The summed E-state index contributed by atoms with van der Waals surface area (Å²) in [5.74, 6) is -2.27. The van der Waals surface area contributed by atoms with Gasteiger partial charge in [-0.2, -0.15) is 13.2 Å². The Morgan fingerprint density at radius 2 is 1.90 bits per heavy atom. The minimum Gasteiger partial charge on any atom is -0.475 e. The number of ether oxygens (including phenoxy) is 2. The Morgan fingerprint density at radius 1 is 1.23 bits per heavy atom. The summed E-state index contributed by atoms with van der Waals surface area (Å²) in [5, 5.41) is 12.7. The third kappa shape index (κ3) is 6.08. The van der Waals surface area contributed by atoms with Crippen LogP contribution in [0.5, 0.6) is 5.75 Å². The maximum Gasteiger partial charge on any atom is 0.418 e. The number of anilines is 1. The number of carbonyl (C=O) groups excluding carboxylic acids is 2. The molecule has 0 aromatic heterocycles. The first kappa shape index (κ1) is 22.9. The fraction of sp³-hybridized carbons (Fsp3) is 0.222. The second-order valence-corrected chi connectivity index (χ2v) is 6.26. The van der Waals surface area contributed by atoms with Crippen LogP contribution in [0, 0.1) is 10.1 Å². The molecule has 0 aliphatic heterocycles. The van der Waals surface area contributed by atoms with E-state index in [1.165, 1.54) is 24.3 Å². The fourth-order valence-electron chi connectivity index (χ4n) is 2.25. The molecule has 1 atom stereocenters. The van der Waals surface area contributed by atoms with Gasteiger partial charge >= 0.3 is 17.8 Å². The summed E-state index contributed by atoms with van der Waals surface area (Å²) in [7, 11) is 0. The van der Waals surface area contributed by atoms with E-state index in [4.69, 9.17) is 21.1 Å². The summed E-state index contributed by atoms with van der Waals surface area (Å²) in [6.07, 6.45) is -6.24. The van der Waals surface area contributed by atoms with Crippen LogP contribution in [-0.4, -0.2) is 29.5 Å². The van der Waals surface area contributed by atoms with Gasteiger partial charge in [0.2, 0.25) is 0 Å². The maximum atomic E-state index is 13.1. The second kappa shape index (κ2) is 9.44. The zero-order valence-electron chi connectivity index (χ0n) is 15.2. The van der Waals surface area contributed by atoms with E-state index in [0.29, 0.717) is 6.07 Å². The van der Waals surface area contributed by atoms with Crippen LogP contribution in [0.1, 0.15) is 12.5 Å². The Hall–Kier alpha value is -3.34. The molecule has 0 heterocycles. The minimum absolute atomic E-state index is 0.174. The Kier molecular flexibility index (Phi) is 7.22. The molecule has 2 aromatic carbocycles. The molecule has 0 aliphatic carbocycles. The SMILES string of the molecule is CC(OC(=O)COc1ccccc1[N+](=O)[O-])C(=O)Nc1ccc(Cl)cc1C(F)(F)F. The second-order valence-electron chi connectivity index (χ2n) is 5.82. The van der Waals surface area contributed by atoms with E-state index in [1.54, 1.807) is 0 Å². The number of nitrogens with zero attached hydrogens (tertiary/aromatic N) is 1. The first-order valence-corrected chi connectivity index (χ1v) is 8.60. The molecule has 0 fully saturated rings. The van der Waals surface area contributed by atoms with E-state index < -0.39 is 46.9 Å². The van der Waals surface area contributed by atoms with Gasteiger partial charge in [-0.15, -0.1) is 0 Å². The number of halogens is 4. The van der Waals surface area contributed by atoms with Crippen molar-refractivity contribution >= 4 is 34.9 Å². The van der Waals surface area contributed by atoms with E-state index >= 15 is 0 Å². The molecule has 0 saturated carbocycles. The molecule has 1 amide bonds. The van der Waals surface area contributed by atoms with Gasteiger partial charge in [0.15, 0.2) is 18.5 Å². The van der Waals surface area contributed by atoms with Crippen molar-refractivity contribution in [1.29, 1.82) is 0 Å². The number of rotatable bonds is 7. The molecule has 1 N–H and O–H groups in total. The van der Waals surface area contributed by atoms with Gasteiger partial charge in [0, 0.05) is 11.1 Å². The van der Waals surface area contributed by atoms with Gasteiger partial charge in [0.1, 0.15) is 0 Å². The van der Waals surface area contributed by atoms with Crippen LogP contribution in [0.2, 0.25) is 5.02 Å². The molecular formula is C18H14ClF3N2O6. The van der Waals surface area contributed by atoms with Crippen molar-refractivity contribution in [2.45, 2.75) is 19.2 Å². The van der Waals surface area contributed by atoms with Crippen LogP contribution in [0.25, 0.3) is 0 Å². The molecule has 160 valence electrons. The Morgan fingerprint density at radius 3 is 2.53 bits per heavy atom. The molecule has 0 saturated heterocycles. The number of hydrogen-bond acceptors (Lipinski definition) is 6. The summed E-state index contributed by atoms with van der Waals surface area (Å²) >= 11 is 5.57. The van der Waals surface area contributed by atoms with Gasteiger partial charge in [-0.1, -0.05) is 23.7 Å². The fourth-order valence-corrected chi connectivity index (χ4v) is 2.42. The number of amides is 1. The number of para-hydroxylation sites is 2. The molecule has 1 unspecified atom stereocenters. The topological polar surface area (TPSA) is 108 Å². The summed E-state index contributed by atoms with van der Waals surface area (Å²) in [6.45, 7) is 0.388. The van der Waals surface area contributed by atoms with E-state index in [-0.39, 0.29) is 16.5 Å². The largest absolute Gasteiger partial charge is 0.475 e. The van der Waals surface area contributed by atoms with E-state index in [9.17, 15) is 32.9 Å². The predicted octanol–water partition coefficient (Wildman–Crippen LogP) is 4.22. The highest BCUT2D eigenvalue weighted by Crippen LogP contribution is 2.36. The van der Waals surface area contributed by atoms with E-state index in [0.717, 1.165) is 19.1 Å². The summed E-state index contributed by atoms with van der Waals surface area (Å²) < 4.78 is 49.1. The van der Waals surface area contributed by atoms with Crippen molar-refractivity contribution in [1.82, 2.24) is 0 Å². The van der Waals surface area contributed by atoms with Crippen molar-refractivity contribution < 1.29 is 37.2 Å². The number of carbonyl (C=O) groups is 2. The molecule has 0 radical (unpaired) electrons. The highest BCUT2D eigenvalue weighted by molar-refractivity contribution is 6.30. The first-order chi connectivity index (χ1) is 14.0. The number of nitro groups is 1. The standard InChI is InChI=1S/C18H14ClF3N2O6/c1-10(17(26)23-13-7-6-11(19)8-12(13)18(20,21)22)30-16(25)9-29-15-5-3-2-4-14(15)24(27)28/h2-8,10H,9H2,1H3,(H,23,26). The summed E-state index contributed by atoms with van der Waals surface area (Å²) in [6, 6.07) is 8.06. The van der Waals surface area contributed by atoms with Gasteiger partial charge in [0.25, 0.3) is 5.91 Å². The summed E-state index contributed by atoms with van der Waals surface area (Å²) in [5.41, 5.74) is -2.10. The average Bonchev–Trinajstić information content (AvgIpc) is 2.67. The Bertz CT molecular complexity index is 967. The molecular weight excluding hydrogens is 433 g/mol. The molecule has 30 heavy (non-hydrogen) atoms. The lowest BCUT2D eigenvalue weighted by Gasteiger charge is -2.17. The Labute approximate surface area is 172 Å². The number of benzene rings is 2. The molecule has 12 heteroatoms. The minimum atomic E-state index is -4.77. The lowest BCUT2D eigenvalue weighted by molar-refractivity contribution is -0.385. The number of hydrogen-bond donors (Lipinski definition) is 1. The third-order valence-corrected chi connectivity index (χ3v) is 3.86. The predicted molar refractivity (Wildman–Crippen MR) is 99.2 cm³/mol. The van der Waals surface area contributed by atoms with E-state index in [1.807, 2.05) is 5.32 Å². The monoisotopic (exact) mass is 446 g/mol. The Balaban J connectivity index is 1.98. The van der Waals surface area contributed by atoms with Crippen LogP contribution in [0.15, 0.2) is 42.5 Å². The van der Waals surface area contributed by atoms with Gasteiger partial charge in [-0.3, -0.25) is 14.9 Å². The van der Waals surface area contributed by atoms with Gasteiger partial charge in [-0.25, -0.2) is 4.79 Å². The van der Waals surface area contributed by atoms with E-state index in [2.05, 4.69) is 0 Å². The maximum absolute atomic E-state index is 13.1. The zero-order chi connectivity index (χ0) is 22.5. The normalized spacial score (nSPS) is 12.0. The number of nitrogens with one attached hydrogen (secondary N) is 1. The van der Waals surface area contributed by atoms with Crippen LogP contribution < -0.4 is 10.1 Å². The quantitative estimate of drug-likeness (QED) is 0.387. The van der Waals surface area contributed by atoms with Crippen molar-refractivity contribution in [3.63, 3.8) is 0 Å². The van der Waals surface area contributed by atoms with Crippen molar-refractivity contribution in [2.24, 2.45) is 0 Å². The lowest BCUT2D eigenvalue weighted by atomic mass is 10.1. The van der Waals surface area contributed by atoms with Crippen molar-refractivity contribution in [3.8, 4) is 5.75 Å². The lowest BCUT2D eigenvalue weighted by Crippen LogP contribution is -2.32. The molecule has 8 nitrogen and oxygen atoms in total. The highest BCUT2D eigenvalue weighted by Gasteiger charge is 2.34. The average molecular weight is 447 g/mol. The molecule has 0 spiro atoms. The molecule has 2 aromatic rings. The number of esters is 1. The van der Waals surface area contributed by atoms with Crippen molar-refractivity contribution in [3.05, 3.63) is 63.2 Å². The number of alkyl halides is 3. The third-order valence-electron chi connectivity index (χ3n) is 3.63. The van der Waals surface area contributed by atoms with Crippen LogP contribution in [-0.2, 0) is 20.5 Å². The smallest absolute Gasteiger partial charge is 0.418 e. The number of nitro benzene ring substituents is 1. The zero-order valence-corrected chi connectivity index (χ0v) is 16.0. The van der Waals surface area contributed by atoms with Crippen LogP contribution >= 0.6 is 11.6 Å². The van der Waals surface area contributed by atoms with Gasteiger partial charge in [0.05, 0.1) is 16.2 Å². The van der Waals surface area contributed by atoms with Crippen LogP contribution in [0.3, 0.4) is 0 Å². The highest BCUT2D eigenvalue weighted by atomic mass is 35.5. The summed E-state index contributed by atoms with van der Waals surface area (Å²) in [4.78, 5) is 34.1. The molecule has 0 bridgehead atoms. The van der Waals surface area contributed by atoms with Crippen molar-refractivity contribution in [2.75, 3.05) is 11.9 Å². The first-order valence-electron chi connectivity index (χ1n) is 8.22. The molecule has 2 rings (SSSR count). The van der Waals surface area contributed by atoms with Gasteiger partial charge in [-0.05, 0) is 31.2 Å².